The summed E-state index contributed by atoms with van der Waals surface area (Å²) in [5.41, 5.74) is 1.62. The van der Waals surface area contributed by atoms with Crippen LogP contribution >= 0.6 is 0 Å². The van der Waals surface area contributed by atoms with Gasteiger partial charge in [0.1, 0.15) is 5.69 Å². The first-order valence-electron chi connectivity index (χ1n) is 5.17. The lowest BCUT2D eigenvalue weighted by molar-refractivity contribution is 0.278. The molecule has 0 aromatic carbocycles. The Morgan fingerprint density at radius 2 is 2.19 bits per heavy atom. The fraction of sp³-hybridized carbons (Fsp3) is 0.364. The predicted octanol–water partition coefficient (Wildman–Crippen LogP) is 1.36. The summed E-state index contributed by atoms with van der Waals surface area (Å²) in [5, 5.41) is 12.5. The Bertz CT molecular complexity index is 468. The maximum Gasteiger partial charge on any atom is 0.227 e. The fourth-order valence-corrected chi connectivity index (χ4v) is 1.36. The van der Waals surface area contributed by atoms with Crippen LogP contribution in [0.4, 0.5) is 0 Å². The highest BCUT2D eigenvalue weighted by molar-refractivity contribution is 5.47. The topological polar surface area (TPSA) is 72.0 Å². The van der Waals surface area contributed by atoms with Gasteiger partial charge in [-0.15, -0.1) is 0 Å². The monoisotopic (exact) mass is 219 g/mol. The van der Waals surface area contributed by atoms with Crippen molar-refractivity contribution in [2.24, 2.45) is 0 Å². The SMILES string of the molecule is Cc1cccc(-c2noc(CCCO)n2)n1. The van der Waals surface area contributed by atoms with Crippen molar-refractivity contribution in [3.8, 4) is 11.5 Å². The summed E-state index contributed by atoms with van der Waals surface area (Å²) in [7, 11) is 0. The molecule has 0 spiro atoms. The summed E-state index contributed by atoms with van der Waals surface area (Å²) >= 11 is 0. The van der Waals surface area contributed by atoms with E-state index < -0.39 is 0 Å². The Hall–Kier alpha value is -1.75. The number of aliphatic hydroxyl groups is 1. The van der Waals surface area contributed by atoms with Crippen molar-refractivity contribution in [3.63, 3.8) is 0 Å². The minimum Gasteiger partial charge on any atom is -0.396 e. The molecule has 84 valence electrons. The lowest BCUT2D eigenvalue weighted by atomic mass is 10.3. The maximum absolute atomic E-state index is 8.69. The fourth-order valence-electron chi connectivity index (χ4n) is 1.36. The van der Waals surface area contributed by atoms with Crippen LogP contribution in [0.25, 0.3) is 11.5 Å². The van der Waals surface area contributed by atoms with Crippen molar-refractivity contribution in [3.05, 3.63) is 29.8 Å². The number of aryl methyl sites for hydroxylation is 2. The third-order valence-corrected chi connectivity index (χ3v) is 2.13. The summed E-state index contributed by atoms with van der Waals surface area (Å²) in [4.78, 5) is 8.51. The molecule has 0 atom stereocenters. The van der Waals surface area contributed by atoms with Crippen LogP contribution < -0.4 is 0 Å². The molecule has 0 unspecified atom stereocenters. The Labute approximate surface area is 93.1 Å². The summed E-state index contributed by atoms with van der Waals surface area (Å²) in [6.07, 6.45) is 1.22. The highest BCUT2D eigenvalue weighted by atomic mass is 16.5. The van der Waals surface area contributed by atoms with Crippen molar-refractivity contribution < 1.29 is 9.63 Å². The normalized spacial score (nSPS) is 10.6. The van der Waals surface area contributed by atoms with Crippen LogP contribution in [-0.4, -0.2) is 26.8 Å². The summed E-state index contributed by atoms with van der Waals surface area (Å²) < 4.78 is 5.05. The first-order chi connectivity index (χ1) is 7.79. The van der Waals surface area contributed by atoms with Gasteiger partial charge < -0.3 is 9.63 Å². The average molecular weight is 219 g/mol. The molecule has 5 heteroatoms. The molecule has 0 radical (unpaired) electrons. The van der Waals surface area contributed by atoms with E-state index in [0.29, 0.717) is 30.3 Å². The van der Waals surface area contributed by atoms with E-state index in [9.17, 15) is 0 Å². The molecule has 0 saturated heterocycles. The molecular formula is C11H13N3O2. The molecular weight excluding hydrogens is 206 g/mol. The number of nitrogens with zero attached hydrogens (tertiary/aromatic N) is 3. The zero-order valence-electron chi connectivity index (χ0n) is 9.05. The number of rotatable bonds is 4. The third kappa shape index (κ3) is 2.43. The van der Waals surface area contributed by atoms with Crippen LogP contribution in [-0.2, 0) is 6.42 Å². The minimum atomic E-state index is 0.125. The van der Waals surface area contributed by atoms with E-state index in [-0.39, 0.29) is 6.61 Å². The lowest BCUT2D eigenvalue weighted by Crippen LogP contribution is -1.91. The second-order valence-electron chi connectivity index (χ2n) is 3.50. The summed E-state index contributed by atoms with van der Waals surface area (Å²) in [5.74, 6) is 1.03. The second kappa shape index (κ2) is 4.85. The van der Waals surface area contributed by atoms with Gasteiger partial charge in [0, 0.05) is 18.7 Å². The summed E-state index contributed by atoms with van der Waals surface area (Å²) in [6, 6.07) is 5.66. The van der Waals surface area contributed by atoms with E-state index in [2.05, 4.69) is 15.1 Å². The van der Waals surface area contributed by atoms with Crippen molar-refractivity contribution in [2.45, 2.75) is 19.8 Å². The molecule has 2 aromatic rings. The van der Waals surface area contributed by atoms with E-state index in [1.807, 2.05) is 25.1 Å². The number of hydrogen-bond acceptors (Lipinski definition) is 5. The van der Waals surface area contributed by atoms with E-state index in [4.69, 9.17) is 9.63 Å². The van der Waals surface area contributed by atoms with E-state index in [0.717, 1.165) is 5.69 Å². The molecule has 5 nitrogen and oxygen atoms in total. The molecule has 0 aliphatic heterocycles. The van der Waals surface area contributed by atoms with Gasteiger partial charge in [-0.2, -0.15) is 4.98 Å². The molecule has 16 heavy (non-hydrogen) atoms. The first kappa shape index (κ1) is 10.8. The Balaban J connectivity index is 2.18. The summed E-state index contributed by atoms with van der Waals surface area (Å²) in [6.45, 7) is 2.04. The van der Waals surface area contributed by atoms with Crippen LogP contribution in [0.2, 0.25) is 0 Å². The van der Waals surface area contributed by atoms with Crippen molar-refractivity contribution in [1.29, 1.82) is 0 Å². The molecule has 0 aliphatic carbocycles. The standard InChI is InChI=1S/C11H13N3O2/c1-8-4-2-5-9(12-8)11-13-10(16-14-11)6-3-7-15/h2,4-5,15H,3,6-7H2,1H3. The van der Waals surface area contributed by atoms with Crippen molar-refractivity contribution in [2.75, 3.05) is 6.61 Å². The van der Waals surface area contributed by atoms with Gasteiger partial charge in [0.15, 0.2) is 0 Å². The lowest BCUT2D eigenvalue weighted by Gasteiger charge is -1.94. The van der Waals surface area contributed by atoms with Crippen LogP contribution in [0.3, 0.4) is 0 Å². The molecule has 1 N–H and O–H groups in total. The third-order valence-electron chi connectivity index (χ3n) is 2.13. The molecule has 0 aliphatic rings. The van der Waals surface area contributed by atoms with Gasteiger partial charge in [-0.3, -0.25) is 0 Å². The Morgan fingerprint density at radius 3 is 2.94 bits per heavy atom. The molecule has 0 saturated carbocycles. The highest BCUT2D eigenvalue weighted by Gasteiger charge is 2.09. The molecule has 2 aromatic heterocycles. The number of pyridine rings is 1. The van der Waals surface area contributed by atoms with Crippen molar-refractivity contribution in [1.82, 2.24) is 15.1 Å². The van der Waals surface area contributed by atoms with Gasteiger partial charge in [0.2, 0.25) is 11.7 Å². The van der Waals surface area contributed by atoms with Crippen LogP contribution in [0.5, 0.6) is 0 Å². The largest absolute Gasteiger partial charge is 0.396 e. The zero-order valence-corrected chi connectivity index (χ0v) is 9.05. The Kier molecular flexibility index (Phi) is 3.26. The van der Waals surface area contributed by atoms with Gasteiger partial charge in [0.05, 0.1) is 0 Å². The van der Waals surface area contributed by atoms with Crippen LogP contribution in [0.1, 0.15) is 18.0 Å². The molecule has 2 heterocycles. The van der Waals surface area contributed by atoms with Crippen LogP contribution in [0, 0.1) is 6.92 Å². The number of aromatic nitrogens is 3. The van der Waals surface area contributed by atoms with Gasteiger partial charge in [-0.05, 0) is 25.5 Å². The molecule has 0 fully saturated rings. The van der Waals surface area contributed by atoms with Crippen LogP contribution in [0.15, 0.2) is 22.7 Å². The molecule has 2 rings (SSSR count). The first-order valence-corrected chi connectivity index (χ1v) is 5.17. The highest BCUT2D eigenvalue weighted by Crippen LogP contribution is 2.13. The smallest absolute Gasteiger partial charge is 0.227 e. The average Bonchev–Trinajstić information content (AvgIpc) is 2.75. The second-order valence-corrected chi connectivity index (χ2v) is 3.50. The quantitative estimate of drug-likeness (QED) is 0.840. The van der Waals surface area contributed by atoms with Crippen molar-refractivity contribution >= 4 is 0 Å². The van der Waals surface area contributed by atoms with Gasteiger partial charge in [0.25, 0.3) is 0 Å². The predicted molar refractivity (Wildman–Crippen MR) is 57.7 cm³/mol. The minimum absolute atomic E-state index is 0.125. The molecule has 0 amide bonds. The van der Waals surface area contributed by atoms with E-state index in [1.54, 1.807) is 0 Å². The van der Waals surface area contributed by atoms with Gasteiger partial charge >= 0.3 is 0 Å². The maximum atomic E-state index is 8.69. The van der Waals surface area contributed by atoms with E-state index >= 15 is 0 Å². The number of aliphatic hydroxyl groups excluding tert-OH is 1. The van der Waals surface area contributed by atoms with Gasteiger partial charge in [-0.25, -0.2) is 4.98 Å². The van der Waals surface area contributed by atoms with Gasteiger partial charge in [-0.1, -0.05) is 11.2 Å². The van der Waals surface area contributed by atoms with E-state index in [1.165, 1.54) is 0 Å². The molecule has 0 bridgehead atoms. The Morgan fingerprint density at radius 1 is 1.31 bits per heavy atom. The number of hydrogen-bond donors (Lipinski definition) is 1. The zero-order chi connectivity index (χ0) is 11.4.